The third kappa shape index (κ3) is 7.36. The highest BCUT2D eigenvalue weighted by Crippen LogP contribution is 2.47. The Balaban J connectivity index is 0.759. The molecule has 2 fully saturated rings. The van der Waals surface area contributed by atoms with Crippen molar-refractivity contribution in [1.82, 2.24) is 25.1 Å². The minimum atomic E-state index is -1.03. The van der Waals surface area contributed by atoms with E-state index in [-0.39, 0.29) is 29.9 Å². The number of hydrogen-bond acceptors (Lipinski definition) is 11. The lowest BCUT2D eigenvalue weighted by molar-refractivity contribution is -0.136. The molecule has 4 amide bonds. The number of imide groups is 2. The number of fused-ring (bicyclic) bond motifs is 2. The van der Waals surface area contributed by atoms with Crippen molar-refractivity contribution in [3.8, 4) is 23.0 Å². The predicted molar refractivity (Wildman–Crippen MR) is 213 cm³/mol. The summed E-state index contributed by atoms with van der Waals surface area (Å²) in [5.41, 5.74) is 5.37. The normalized spacial score (nSPS) is 20.7. The van der Waals surface area contributed by atoms with Crippen molar-refractivity contribution >= 4 is 29.6 Å². The minimum absolute atomic E-state index is 0.0533. The Labute approximate surface area is 335 Å². The van der Waals surface area contributed by atoms with E-state index in [1.165, 1.54) is 34.4 Å². The monoisotopic (exact) mass is 778 g/mol. The van der Waals surface area contributed by atoms with Crippen LogP contribution in [-0.4, -0.2) is 93.9 Å². The van der Waals surface area contributed by atoms with Crippen molar-refractivity contribution in [2.75, 3.05) is 44.2 Å². The first-order chi connectivity index (χ1) is 28.3. The van der Waals surface area contributed by atoms with Crippen LogP contribution in [0.25, 0.3) is 0 Å². The number of phenolic OH excluding ortho intramolecular Hbond substituents is 1. The molecule has 13 nitrogen and oxygen atoms in total. The Morgan fingerprint density at radius 2 is 1.47 bits per heavy atom. The van der Waals surface area contributed by atoms with E-state index < -0.39 is 29.7 Å². The Kier molecular flexibility index (Phi) is 10.0. The fraction of sp³-hybridized carbons (Fsp3) is 0.289. The zero-order valence-electron chi connectivity index (χ0n) is 31.8. The number of nitrogens with zero attached hydrogens (tertiary/aromatic N) is 5. The van der Waals surface area contributed by atoms with Gasteiger partial charge >= 0.3 is 0 Å². The number of hydrogen-bond donors (Lipinski definition) is 2. The van der Waals surface area contributed by atoms with Crippen LogP contribution in [0.3, 0.4) is 0 Å². The van der Waals surface area contributed by atoms with Crippen molar-refractivity contribution in [3.05, 3.63) is 137 Å². The van der Waals surface area contributed by atoms with E-state index in [9.17, 15) is 24.3 Å². The van der Waals surface area contributed by atoms with E-state index in [1.807, 2.05) is 6.07 Å². The molecule has 2 saturated heterocycles. The zero-order valence-corrected chi connectivity index (χ0v) is 31.8. The SMILES string of the molecule is O=C1CCC(N2C(=O)c3ccc(Oc4cnc(N5CCN(CCOc6ccc([C@@H]7c8ccc(O)cc8CC[C@@H]7c7ccccc7)cc6)CC5)nc4)cc3C2=O)C(=O)N1. The highest BCUT2D eigenvalue weighted by molar-refractivity contribution is 6.23. The average Bonchev–Trinajstić information content (AvgIpc) is 3.49. The molecular formula is C45H42N6O7. The number of ether oxygens (including phenoxy) is 2. The summed E-state index contributed by atoms with van der Waals surface area (Å²) >= 11 is 0. The number of rotatable bonds is 10. The lowest BCUT2D eigenvalue weighted by Gasteiger charge is -2.35. The van der Waals surface area contributed by atoms with Gasteiger partial charge in [-0.05, 0) is 89.9 Å². The summed E-state index contributed by atoms with van der Waals surface area (Å²) in [6.45, 7) is 4.53. The second-order valence-corrected chi connectivity index (χ2v) is 15.1. The number of nitrogens with one attached hydrogen (secondary N) is 1. The van der Waals surface area contributed by atoms with Crippen molar-refractivity contribution in [2.24, 2.45) is 0 Å². The van der Waals surface area contributed by atoms with Gasteiger partial charge in [0.05, 0.1) is 23.5 Å². The molecular weight excluding hydrogens is 737 g/mol. The Morgan fingerprint density at radius 3 is 2.22 bits per heavy atom. The highest BCUT2D eigenvalue weighted by Gasteiger charge is 2.44. The Hall–Kier alpha value is -6.60. The maximum absolute atomic E-state index is 13.2. The minimum Gasteiger partial charge on any atom is -0.508 e. The fourth-order valence-electron chi connectivity index (χ4n) is 8.69. The van der Waals surface area contributed by atoms with Crippen LogP contribution in [0.4, 0.5) is 5.95 Å². The van der Waals surface area contributed by atoms with Crippen molar-refractivity contribution < 1.29 is 33.8 Å². The standard InChI is InChI=1S/C45H42N6O7/c52-31-9-14-36-30(24-31)8-13-35(28-4-2-1-3-5-28)41(36)29-6-10-32(11-7-29)57-23-22-49-18-20-50(21-19-49)45-46-26-34(27-47-45)58-33-12-15-37-38(25-33)44(56)51(43(37)55)39-16-17-40(53)48-42(39)54/h1-7,9-12,14-15,24-27,35,39,41,52H,8,13,16-23H2,(H,48,53,54)/t35-,39?,41+/m1/s1. The first kappa shape index (κ1) is 37.0. The fourth-order valence-corrected chi connectivity index (χ4v) is 8.69. The Morgan fingerprint density at radius 1 is 0.724 bits per heavy atom. The summed E-state index contributed by atoms with van der Waals surface area (Å²) in [6, 6.07) is 28.5. The van der Waals surface area contributed by atoms with Gasteiger partial charge in [0.25, 0.3) is 11.8 Å². The number of aryl methyl sites for hydroxylation is 1. The van der Waals surface area contributed by atoms with Gasteiger partial charge < -0.3 is 19.5 Å². The molecule has 4 aliphatic rings. The maximum atomic E-state index is 13.2. The zero-order chi connectivity index (χ0) is 39.8. The summed E-state index contributed by atoms with van der Waals surface area (Å²) in [5, 5.41) is 12.4. The van der Waals surface area contributed by atoms with Crippen molar-refractivity contribution in [3.63, 3.8) is 0 Å². The van der Waals surface area contributed by atoms with Gasteiger partial charge in [0.1, 0.15) is 29.9 Å². The summed E-state index contributed by atoms with van der Waals surface area (Å²) in [4.78, 5) is 64.6. The van der Waals surface area contributed by atoms with E-state index in [4.69, 9.17) is 9.47 Å². The summed E-state index contributed by atoms with van der Waals surface area (Å²) in [6.07, 6.45) is 5.24. The molecule has 1 aliphatic carbocycles. The smallest absolute Gasteiger partial charge is 0.262 e. The number of phenols is 1. The lowest BCUT2D eigenvalue weighted by atomic mass is 9.69. The molecule has 9 rings (SSSR count). The number of piperazine rings is 1. The van der Waals surface area contributed by atoms with Gasteiger partial charge in [-0.25, -0.2) is 9.97 Å². The molecule has 4 heterocycles. The van der Waals surface area contributed by atoms with Crippen LogP contribution < -0.4 is 19.7 Å². The molecule has 3 aliphatic heterocycles. The van der Waals surface area contributed by atoms with E-state index >= 15 is 0 Å². The van der Waals surface area contributed by atoms with Gasteiger partial charge in [0, 0.05) is 45.1 Å². The second-order valence-electron chi connectivity index (χ2n) is 15.1. The topological polar surface area (TPSA) is 154 Å². The molecule has 5 aromatic rings. The van der Waals surface area contributed by atoms with Crippen LogP contribution in [0.2, 0.25) is 0 Å². The third-order valence-electron chi connectivity index (χ3n) is 11.6. The largest absolute Gasteiger partial charge is 0.508 e. The van der Waals surface area contributed by atoms with Gasteiger partial charge in [0.15, 0.2) is 5.75 Å². The second kappa shape index (κ2) is 15.7. The van der Waals surface area contributed by atoms with Crippen molar-refractivity contribution in [2.45, 2.75) is 43.6 Å². The summed E-state index contributed by atoms with van der Waals surface area (Å²) in [7, 11) is 0. The number of aromatic hydroxyl groups is 1. The summed E-state index contributed by atoms with van der Waals surface area (Å²) in [5.74, 6) is 0.709. The molecule has 13 heteroatoms. The molecule has 1 unspecified atom stereocenters. The van der Waals surface area contributed by atoms with Gasteiger partial charge in [0.2, 0.25) is 17.8 Å². The van der Waals surface area contributed by atoms with Crippen LogP contribution in [-0.2, 0) is 16.0 Å². The first-order valence-electron chi connectivity index (χ1n) is 19.7. The quantitative estimate of drug-likeness (QED) is 0.174. The van der Waals surface area contributed by atoms with Crippen LogP contribution in [0.15, 0.2) is 103 Å². The molecule has 1 aromatic heterocycles. The molecule has 294 valence electrons. The van der Waals surface area contributed by atoms with Gasteiger partial charge in [-0.1, -0.05) is 48.5 Å². The molecule has 0 saturated carbocycles. The molecule has 2 N–H and O–H groups in total. The van der Waals surface area contributed by atoms with Gasteiger partial charge in [-0.3, -0.25) is 34.3 Å². The molecule has 0 bridgehead atoms. The highest BCUT2D eigenvalue weighted by atomic mass is 16.5. The molecule has 4 aromatic carbocycles. The number of amides is 4. The van der Waals surface area contributed by atoms with Crippen LogP contribution >= 0.6 is 0 Å². The summed E-state index contributed by atoms with van der Waals surface area (Å²) < 4.78 is 12.1. The maximum Gasteiger partial charge on any atom is 0.262 e. The Bertz CT molecular complexity index is 2360. The lowest BCUT2D eigenvalue weighted by Crippen LogP contribution is -2.54. The van der Waals surface area contributed by atoms with E-state index in [1.54, 1.807) is 24.5 Å². The van der Waals surface area contributed by atoms with Crippen LogP contribution in [0, 0.1) is 0 Å². The number of aromatic nitrogens is 2. The molecule has 0 radical (unpaired) electrons. The van der Waals surface area contributed by atoms with Gasteiger partial charge in [-0.15, -0.1) is 0 Å². The number of piperidine rings is 1. The third-order valence-corrected chi connectivity index (χ3v) is 11.6. The molecule has 3 atom stereocenters. The molecule has 0 spiro atoms. The van der Waals surface area contributed by atoms with Crippen LogP contribution in [0.1, 0.15) is 74.1 Å². The number of benzene rings is 4. The predicted octanol–water partition coefficient (Wildman–Crippen LogP) is 5.44. The van der Waals surface area contributed by atoms with E-state index in [0.29, 0.717) is 35.7 Å². The number of carbonyl (C=O) groups excluding carboxylic acids is 4. The molecule has 58 heavy (non-hydrogen) atoms. The van der Waals surface area contributed by atoms with Gasteiger partial charge in [-0.2, -0.15) is 0 Å². The number of anilines is 1. The first-order valence-corrected chi connectivity index (χ1v) is 19.7. The van der Waals surface area contributed by atoms with Crippen molar-refractivity contribution in [1.29, 1.82) is 0 Å². The van der Waals surface area contributed by atoms with E-state index in [2.05, 4.69) is 85.7 Å². The average molecular weight is 779 g/mol. The van der Waals surface area contributed by atoms with Crippen LogP contribution in [0.5, 0.6) is 23.0 Å². The number of carbonyl (C=O) groups is 4. The van der Waals surface area contributed by atoms with E-state index in [0.717, 1.165) is 56.2 Å².